The van der Waals surface area contributed by atoms with Gasteiger partial charge in [-0.15, -0.1) is 0 Å². The van der Waals surface area contributed by atoms with Crippen molar-refractivity contribution in [2.24, 2.45) is 5.41 Å². The highest BCUT2D eigenvalue weighted by atomic mass is 19.3. The Morgan fingerprint density at radius 2 is 1.54 bits per heavy atom. The van der Waals surface area contributed by atoms with Crippen LogP contribution in [-0.4, -0.2) is 43.4 Å². The average molecular weight is 366 g/mol. The molecule has 0 aromatic carbocycles. The molecule has 24 heavy (non-hydrogen) atoms. The molecule has 0 spiro atoms. The number of hydrogen-bond acceptors (Lipinski definition) is 4. The van der Waals surface area contributed by atoms with Gasteiger partial charge in [-0.3, -0.25) is 4.79 Å². The summed E-state index contributed by atoms with van der Waals surface area (Å²) in [5.74, 6) is -10.6. The van der Waals surface area contributed by atoms with Gasteiger partial charge in [-0.2, -0.15) is 0 Å². The normalized spacial score (nSPS) is 13.1. The molecular weight excluding hydrogens is 346 g/mol. The maximum absolute atomic E-state index is 13.3. The maximum atomic E-state index is 13.3. The molecule has 0 N–H and O–H groups in total. The summed E-state index contributed by atoms with van der Waals surface area (Å²) >= 11 is 0. The fraction of sp³-hybridized carbons (Fsp3) is 0.857. The summed E-state index contributed by atoms with van der Waals surface area (Å²) in [5, 5.41) is 0. The van der Waals surface area contributed by atoms with E-state index in [9.17, 15) is 35.9 Å². The molecular formula is C14H20F6O4. The van der Waals surface area contributed by atoms with E-state index < -0.39 is 61.7 Å². The molecule has 4 nitrogen and oxygen atoms in total. The van der Waals surface area contributed by atoms with Gasteiger partial charge in [-0.25, -0.2) is 31.1 Å². The van der Waals surface area contributed by atoms with E-state index in [1.165, 1.54) is 0 Å². The van der Waals surface area contributed by atoms with Crippen LogP contribution in [-0.2, 0) is 19.1 Å². The number of ether oxygens (including phenoxy) is 2. The van der Waals surface area contributed by atoms with Crippen molar-refractivity contribution in [3.05, 3.63) is 0 Å². The van der Waals surface area contributed by atoms with E-state index >= 15 is 0 Å². The van der Waals surface area contributed by atoms with Crippen LogP contribution in [0.4, 0.5) is 26.3 Å². The molecule has 0 bridgehead atoms. The highest BCUT2D eigenvalue weighted by molar-refractivity contribution is 5.79. The van der Waals surface area contributed by atoms with Crippen molar-refractivity contribution in [2.75, 3.05) is 13.2 Å². The number of carbonyl (C=O) groups excluding carboxylic acids is 2. The van der Waals surface area contributed by atoms with Crippen molar-refractivity contribution < 1.29 is 45.4 Å². The largest absolute Gasteiger partial charge is 0.457 e. The number of rotatable bonds is 10. The molecule has 0 amide bonds. The van der Waals surface area contributed by atoms with Crippen LogP contribution < -0.4 is 0 Å². The summed E-state index contributed by atoms with van der Waals surface area (Å²) < 4.78 is 84.8. The molecule has 0 radical (unpaired) electrons. The highest BCUT2D eigenvalue weighted by Gasteiger charge is 2.45. The molecule has 0 aromatic rings. The molecule has 0 aromatic heterocycles. The molecule has 0 atom stereocenters. The molecule has 0 aliphatic carbocycles. The molecule has 0 aliphatic rings. The van der Waals surface area contributed by atoms with Crippen LogP contribution in [0, 0.1) is 5.41 Å². The van der Waals surface area contributed by atoms with Crippen LogP contribution in [0.15, 0.2) is 0 Å². The molecule has 0 rings (SSSR count). The summed E-state index contributed by atoms with van der Waals surface area (Å²) in [6.07, 6.45) is -7.24. The zero-order chi connectivity index (χ0) is 19.2. The van der Waals surface area contributed by atoms with Crippen LogP contribution in [0.3, 0.4) is 0 Å². The van der Waals surface area contributed by atoms with Crippen molar-refractivity contribution in [3.63, 3.8) is 0 Å². The maximum Gasteiger partial charge on any atom is 0.344 e. The van der Waals surface area contributed by atoms with Gasteiger partial charge in [0.25, 0.3) is 11.8 Å². The Kier molecular flexibility index (Phi) is 8.04. The number of alkyl halides is 6. The minimum absolute atomic E-state index is 0.401. The van der Waals surface area contributed by atoms with E-state index in [2.05, 4.69) is 9.47 Å². The second-order valence-electron chi connectivity index (χ2n) is 5.96. The van der Waals surface area contributed by atoms with Crippen molar-refractivity contribution >= 4 is 11.9 Å². The lowest BCUT2D eigenvalue weighted by atomic mass is 9.91. The molecule has 10 heteroatoms. The van der Waals surface area contributed by atoms with Crippen molar-refractivity contribution in [1.29, 1.82) is 0 Å². The minimum Gasteiger partial charge on any atom is -0.457 e. The van der Waals surface area contributed by atoms with E-state index in [-0.39, 0.29) is 0 Å². The molecule has 0 fully saturated rings. The fourth-order valence-corrected chi connectivity index (χ4v) is 1.42. The first-order valence-electron chi connectivity index (χ1n) is 7.07. The van der Waals surface area contributed by atoms with Crippen LogP contribution in [0.2, 0.25) is 0 Å². The number of halogens is 6. The zero-order valence-corrected chi connectivity index (χ0v) is 13.5. The van der Waals surface area contributed by atoms with Gasteiger partial charge in [-0.05, 0) is 20.3 Å². The van der Waals surface area contributed by atoms with Crippen LogP contribution in [0.5, 0.6) is 0 Å². The second-order valence-corrected chi connectivity index (χ2v) is 5.96. The van der Waals surface area contributed by atoms with Crippen LogP contribution >= 0.6 is 0 Å². The van der Waals surface area contributed by atoms with Crippen LogP contribution in [0.25, 0.3) is 0 Å². The van der Waals surface area contributed by atoms with Crippen LogP contribution in [0.1, 0.15) is 40.0 Å². The van der Waals surface area contributed by atoms with Gasteiger partial charge in [0, 0.05) is 0 Å². The molecule has 0 saturated carbocycles. The van der Waals surface area contributed by atoms with Gasteiger partial charge in [-0.1, -0.05) is 6.92 Å². The van der Waals surface area contributed by atoms with Crippen molar-refractivity contribution in [2.45, 2.75) is 58.3 Å². The first kappa shape index (κ1) is 22.5. The molecule has 0 aliphatic heterocycles. The van der Waals surface area contributed by atoms with Crippen molar-refractivity contribution in [3.8, 4) is 0 Å². The SMILES string of the molecule is CCC(C)(C)C(=O)OCC(=O)OCC(F)(F)CC(F)(F)CC(F)F. The standard InChI is InChI=1S/C14H20F6O4/c1-4-12(2,3)11(22)23-6-10(21)24-8-14(19,20)7-13(17,18)5-9(15)16/h9H,4-8H2,1-3H3. The minimum atomic E-state index is -4.30. The number of hydrogen-bond donors (Lipinski definition) is 0. The smallest absolute Gasteiger partial charge is 0.344 e. The number of carbonyl (C=O) groups is 2. The summed E-state index contributed by atoms with van der Waals surface area (Å²) in [4.78, 5) is 22.8. The zero-order valence-electron chi connectivity index (χ0n) is 13.5. The first-order valence-corrected chi connectivity index (χ1v) is 7.07. The summed E-state index contributed by atoms with van der Waals surface area (Å²) in [6.45, 7) is 2.10. The third-order valence-electron chi connectivity index (χ3n) is 3.17. The van der Waals surface area contributed by atoms with E-state index in [1.807, 2.05) is 0 Å². The Balaban J connectivity index is 4.36. The topological polar surface area (TPSA) is 52.6 Å². The Labute approximate surface area is 135 Å². The molecule has 0 heterocycles. The molecule has 0 unspecified atom stereocenters. The van der Waals surface area contributed by atoms with Gasteiger partial charge < -0.3 is 9.47 Å². The predicted molar refractivity (Wildman–Crippen MR) is 71.1 cm³/mol. The lowest BCUT2D eigenvalue weighted by molar-refractivity contribution is -0.179. The van der Waals surface area contributed by atoms with E-state index in [0.717, 1.165) is 0 Å². The van der Waals surface area contributed by atoms with Gasteiger partial charge in [0.05, 0.1) is 18.3 Å². The lowest BCUT2D eigenvalue weighted by Crippen LogP contribution is -2.36. The Morgan fingerprint density at radius 3 is 2.00 bits per heavy atom. The van der Waals surface area contributed by atoms with Crippen molar-refractivity contribution in [1.82, 2.24) is 0 Å². The second kappa shape index (κ2) is 8.57. The number of esters is 2. The van der Waals surface area contributed by atoms with E-state index in [4.69, 9.17) is 0 Å². The highest BCUT2D eigenvalue weighted by Crippen LogP contribution is 2.35. The summed E-state index contributed by atoms with van der Waals surface area (Å²) in [5.41, 5.74) is -0.887. The molecule has 142 valence electrons. The third kappa shape index (κ3) is 8.97. The Bertz CT molecular complexity index is 437. The first-order chi connectivity index (χ1) is 10.7. The van der Waals surface area contributed by atoms with Gasteiger partial charge in [0.2, 0.25) is 6.43 Å². The predicted octanol–water partition coefficient (Wildman–Crippen LogP) is 3.82. The molecule has 0 saturated heterocycles. The summed E-state index contributed by atoms with van der Waals surface area (Å²) in [7, 11) is 0. The van der Waals surface area contributed by atoms with E-state index in [1.54, 1.807) is 20.8 Å². The average Bonchev–Trinajstić information content (AvgIpc) is 2.39. The Morgan fingerprint density at radius 1 is 1.00 bits per heavy atom. The quantitative estimate of drug-likeness (QED) is 0.436. The fourth-order valence-electron chi connectivity index (χ4n) is 1.42. The third-order valence-corrected chi connectivity index (χ3v) is 3.17. The lowest BCUT2D eigenvalue weighted by Gasteiger charge is -2.23. The van der Waals surface area contributed by atoms with Gasteiger partial charge >= 0.3 is 11.9 Å². The van der Waals surface area contributed by atoms with Gasteiger partial charge in [0.15, 0.2) is 13.2 Å². The van der Waals surface area contributed by atoms with Gasteiger partial charge in [0.1, 0.15) is 0 Å². The Hall–Kier alpha value is -1.48. The monoisotopic (exact) mass is 366 g/mol. The summed E-state index contributed by atoms with van der Waals surface area (Å²) in [6, 6.07) is 0. The van der Waals surface area contributed by atoms with E-state index in [0.29, 0.717) is 6.42 Å².